The Bertz CT molecular complexity index is 445. The van der Waals surface area contributed by atoms with Gasteiger partial charge in [0.05, 0.1) is 12.7 Å². The average Bonchev–Trinajstić information content (AvgIpc) is 2.27. The number of hydrogen-bond acceptors (Lipinski definition) is 5. The second-order valence-electron chi connectivity index (χ2n) is 3.40. The highest BCUT2D eigenvalue weighted by atomic mass is 16.6. The van der Waals surface area contributed by atoms with Crippen molar-refractivity contribution in [1.29, 1.82) is 0 Å². The highest BCUT2D eigenvalue weighted by Crippen LogP contribution is 2.22. The summed E-state index contributed by atoms with van der Waals surface area (Å²) in [6.45, 7) is 1.50. The first-order valence-corrected chi connectivity index (χ1v) is 4.89. The number of carbonyl (C=O) groups excluding carboxylic acids is 2. The Kier molecular flexibility index (Phi) is 3.92. The van der Waals surface area contributed by atoms with Crippen molar-refractivity contribution < 1.29 is 19.1 Å². The van der Waals surface area contributed by atoms with Crippen molar-refractivity contribution in [3.8, 4) is 5.75 Å². The summed E-state index contributed by atoms with van der Waals surface area (Å²) in [4.78, 5) is 22.3. The Labute approximate surface area is 98.5 Å². The molecule has 0 aliphatic carbocycles. The molecule has 0 aliphatic rings. The zero-order valence-corrected chi connectivity index (χ0v) is 9.60. The molecule has 0 spiro atoms. The molecule has 0 aromatic heterocycles. The van der Waals surface area contributed by atoms with Crippen LogP contribution in [0.4, 0.5) is 5.69 Å². The molecule has 0 fully saturated rings. The summed E-state index contributed by atoms with van der Waals surface area (Å²) in [5, 5.41) is 0. The quantitative estimate of drug-likeness (QED) is 0.580. The average molecular weight is 238 g/mol. The largest absolute Gasteiger partial charge is 0.478 e. The molecule has 92 valence electrons. The van der Waals surface area contributed by atoms with Crippen LogP contribution in [0.25, 0.3) is 0 Å². The van der Waals surface area contributed by atoms with E-state index in [1.807, 2.05) is 0 Å². The van der Waals surface area contributed by atoms with E-state index in [9.17, 15) is 9.59 Å². The van der Waals surface area contributed by atoms with E-state index in [1.165, 1.54) is 32.2 Å². The minimum Gasteiger partial charge on any atom is -0.478 e. The van der Waals surface area contributed by atoms with Crippen LogP contribution in [0.2, 0.25) is 0 Å². The lowest BCUT2D eigenvalue weighted by atomic mass is 10.1. The number of esters is 1. The fourth-order valence-electron chi connectivity index (χ4n) is 1.24. The van der Waals surface area contributed by atoms with Crippen molar-refractivity contribution in [2.45, 2.75) is 13.0 Å². The maximum Gasteiger partial charge on any atom is 0.346 e. The minimum atomic E-state index is -0.847. The third-order valence-electron chi connectivity index (χ3n) is 2.11. The monoisotopic (exact) mass is 238 g/mol. The van der Waals surface area contributed by atoms with Gasteiger partial charge in [-0.05, 0) is 19.1 Å². The van der Waals surface area contributed by atoms with Crippen molar-refractivity contribution in [3.63, 3.8) is 0 Å². The van der Waals surface area contributed by atoms with Crippen LogP contribution in [0.3, 0.4) is 0 Å². The zero-order valence-electron chi connectivity index (χ0n) is 9.60. The molecule has 1 rings (SSSR count). The van der Waals surface area contributed by atoms with Gasteiger partial charge < -0.3 is 20.9 Å². The van der Waals surface area contributed by atoms with E-state index in [-0.39, 0.29) is 11.3 Å². The van der Waals surface area contributed by atoms with Gasteiger partial charge in [-0.25, -0.2) is 4.79 Å². The van der Waals surface area contributed by atoms with Gasteiger partial charge in [-0.2, -0.15) is 0 Å². The number of nitrogens with two attached hydrogens (primary N) is 2. The first-order valence-electron chi connectivity index (χ1n) is 4.89. The van der Waals surface area contributed by atoms with Crippen LogP contribution in [0.5, 0.6) is 5.75 Å². The van der Waals surface area contributed by atoms with Gasteiger partial charge in [-0.15, -0.1) is 0 Å². The second kappa shape index (κ2) is 5.20. The van der Waals surface area contributed by atoms with Crippen LogP contribution in [0.1, 0.15) is 17.3 Å². The van der Waals surface area contributed by atoms with Gasteiger partial charge in [0.25, 0.3) is 5.91 Å². The van der Waals surface area contributed by atoms with E-state index >= 15 is 0 Å². The van der Waals surface area contributed by atoms with Crippen molar-refractivity contribution in [3.05, 3.63) is 23.8 Å². The first kappa shape index (κ1) is 12.8. The lowest BCUT2D eigenvalue weighted by Gasteiger charge is -2.14. The van der Waals surface area contributed by atoms with Gasteiger partial charge in [0.1, 0.15) is 5.75 Å². The molecule has 6 nitrogen and oxygen atoms in total. The lowest BCUT2D eigenvalue weighted by molar-refractivity contribution is -0.147. The number of nitrogen functional groups attached to an aromatic ring is 1. The third kappa shape index (κ3) is 3.10. The minimum absolute atomic E-state index is 0.162. The number of rotatable bonds is 4. The molecule has 0 bridgehead atoms. The van der Waals surface area contributed by atoms with Crippen molar-refractivity contribution in [2.75, 3.05) is 12.8 Å². The molecule has 6 heteroatoms. The fraction of sp³-hybridized carbons (Fsp3) is 0.273. The predicted octanol–water partition coefficient (Wildman–Crippen LogP) is 0.308. The topological polar surface area (TPSA) is 105 Å². The van der Waals surface area contributed by atoms with Gasteiger partial charge >= 0.3 is 5.97 Å². The molecule has 1 aromatic rings. The molecule has 0 aliphatic heterocycles. The maximum atomic E-state index is 11.2. The highest BCUT2D eigenvalue weighted by Gasteiger charge is 2.18. The molecule has 1 unspecified atom stereocenters. The molecule has 0 radical (unpaired) electrons. The molecular weight excluding hydrogens is 224 g/mol. The Morgan fingerprint density at radius 2 is 2.00 bits per heavy atom. The summed E-state index contributed by atoms with van der Waals surface area (Å²) in [6.07, 6.45) is -0.847. The SMILES string of the molecule is COC(=O)C(C)Oc1cc(N)ccc1C(N)=O. The number of amides is 1. The van der Waals surface area contributed by atoms with Crippen LogP contribution in [-0.4, -0.2) is 25.1 Å². The van der Waals surface area contributed by atoms with Crippen molar-refractivity contribution >= 4 is 17.6 Å². The van der Waals surface area contributed by atoms with Crippen LogP contribution < -0.4 is 16.2 Å². The van der Waals surface area contributed by atoms with Crippen LogP contribution >= 0.6 is 0 Å². The molecular formula is C11H14N2O4. The summed E-state index contributed by atoms with van der Waals surface area (Å²) in [7, 11) is 1.25. The van der Waals surface area contributed by atoms with Gasteiger partial charge in [-0.3, -0.25) is 4.79 Å². The van der Waals surface area contributed by atoms with Crippen LogP contribution in [0.15, 0.2) is 18.2 Å². The standard InChI is InChI=1S/C11H14N2O4/c1-6(11(15)16-2)17-9-5-7(12)3-4-8(9)10(13)14/h3-6H,12H2,1-2H3,(H2,13,14). The fourth-order valence-corrected chi connectivity index (χ4v) is 1.24. The predicted molar refractivity (Wildman–Crippen MR) is 61.5 cm³/mol. The number of anilines is 1. The van der Waals surface area contributed by atoms with E-state index in [1.54, 1.807) is 0 Å². The number of hydrogen-bond donors (Lipinski definition) is 2. The van der Waals surface area contributed by atoms with Gasteiger partial charge in [-0.1, -0.05) is 0 Å². The summed E-state index contributed by atoms with van der Waals surface area (Å²) >= 11 is 0. The van der Waals surface area contributed by atoms with Gasteiger partial charge in [0, 0.05) is 11.8 Å². The number of ether oxygens (including phenoxy) is 2. The molecule has 0 saturated heterocycles. The van der Waals surface area contributed by atoms with Gasteiger partial charge in [0.15, 0.2) is 6.10 Å². The maximum absolute atomic E-state index is 11.2. The highest BCUT2D eigenvalue weighted by molar-refractivity contribution is 5.96. The zero-order chi connectivity index (χ0) is 13.0. The van der Waals surface area contributed by atoms with Crippen LogP contribution in [-0.2, 0) is 9.53 Å². The number of methoxy groups -OCH3 is 1. The number of carbonyl (C=O) groups is 2. The van der Waals surface area contributed by atoms with Gasteiger partial charge in [0.2, 0.25) is 0 Å². The van der Waals surface area contributed by atoms with E-state index in [2.05, 4.69) is 4.74 Å². The summed E-state index contributed by atoms with van der Waals surface area (Å²) in [6, 6.07) is 4.40. The Morgan fingerprint density at radius 1 is 1.35 bits per heavy atom. The van der Waals surface area contributed by atoms with E-state index < -0.39 is 18.0 Å². The van der Waals surface area contributed by atoms with E-state index in [0.717, 1.165) is 0 Å². The molecule has 4 N–H and O–H groups in total. The van der Waals surface area contributed by atoms with E-state index in [0.29, 0.717) is 5.69 Å². The van der Waals surface area contributed by atoms with E-state index in [4.69, 9.17) is 16.2 Å². The summed E-state index contributed by atoms with van der Waals surface area (Å²) in [5.41, 5.74) is 11.3. The van der Waals surface area contributed by atoms with Crippen LogP contribution in [0, 0.1) is 0 Å². The second-order valence-corrected chi connectivity index (χ2v) is 3.40. The molecule has 0 saturated carbocycles. The molecule has 17 heavy (non-hydrogen) atoms. The summed E-state index contributed by atoms with van der Waals surface area (Å²) < 4.78 is 9.79. The number of benzene rings is 1. The lowest BCUT2D eigenvalue weighted by Crippen LogP contribution is -2.26. The normalized spacial score (nSPS) is 11.6. The molecule has 1 amide bonds. The Morgan fingerprint density at radius 3 is 2.53 bits per heavy atom. The molecule has 0 heterocycles. The molecule has 1 atom stereocenters. The molecule has 1 aromatic carbocycles. The Hall–Kier alpha value is -2.24. The third-order valence-corrected chi connectivity index (χ3v) is 2.11. The van der Waals surface area contributed by atoms with Crippen molar-refractivity contribution in [1.82, 2.24) is 0 Å². The number of primary amides is 1. The smallest absolute Gasteiger partial charge is 0.346 e. The summed E-state index contributed by atoms with van der Waals surface area (Å²) in [5.74, 6) is -1.05. The van der Waals surface area contributed by atoms with Crippen molar-refractivity contribution in [2.24, 2.45) is 5.73 Å². The first-order chi connectivity index (χ1) is 7.95. The Balaban J connectivity index is 3.00.